The zero-order valence-electron chi connectivity index (χ0n) is 54.9. The van der Waals surface area contributed by atoms with Gasteiger partial charge in [0.05, 0.1) is 0 Å². The number of hydrogen-bond donors (Lipinski definition) is 0. The number of carbonyl (C=O) groups is 3. The summed E-state index contributed by atoms with van der Waals surface area (Å²) in [6, 6.07) is 0. The number of esters is 3. The SMILES string of the molecule is CCCCCCC/C=C\C/C=C\C/C=C\CCCCCCCCC(=O)OCC(COC(=O)CCCCCCCCCCCCC/C=C\C/C=C\CCCCCCC)OC(=O)CCCCCCCC/C=C\C/C=C\C/C=C\CCCCCCC. The van der Waals surface area contributed by atoms with Crippen LogP contribution in [0.25, 0.3) is 0 Å². The van der Waals surface area contributed by atoms with Crippen molar-refractivity contribution in [2.75, 3.05) is 13.2 Å². The normalized spacial score (nSPS) is 12.7. The Balaban J connectivity index is 4.43. The van der Waals surface area contributed by atoms with Crippen LogP contribution in [0.1, 0.15) is 355 Å². The van der Waals surface area contributed by atoms with Crippen molar-refractivity contribution in [1.82, 2.24) is 0 Å². The Bertz CT molecular complexity index is 1610. The lowest BCUT2D eigenvalue weighted by atomic mass is 10.0. The molecule has 83 heavy (non-hydrogen) atoms. The maximum Gasteiger partial charge on any atom is 0.306 e. The smallest absolute Gasteiger partial charge is 0.306 e. The molecular formula is C77H134O6. The summed E-state index contributed by atoms with van der Waals surface area (Å²) < 4.78 is 17.0. The Morgan fingerprint density at radius 2 is 0.434 bits per heavy atom. The van der Waals surface area contributed by atoms with Gasteiger partial charge in [0.2, 0.25) is 0 Å². The third kappa shape index (κ3) is 69.0. The third-order valence-electron chi connectivity index (χ3n) is 15.5. The molecule has 0 aliphatic heterocycles. The average molecular weight is 1160 g/mol. The predicted molar refractivity (Wildman–Crippen MR) is 362 cm³/mol. The van der Waals surface area contributed by atoms with E-state index in [2.05, 4.69) is 118 Å². The Hall–Kier alpha value is -3.67. The highest BCUT2D eigenvalue weighted by Gasteiger charge is 2.19. The van der Waals surface area contributed by atoms with Crippen LogP contribution in [-0.4, -0.2) is 37.2 Å². The van der Waals surface area contributed by atoms with Crippen LogP contribution in [0, 0.1) is 0 Å². The van der Waals surface area contributed by atoms with E-state index in [0.717, 1.165) is 109 Å². The van der Waals surface area contributed by atoms with Crippen molar-refractivity contribution in [3.63, 3.8) is 0 Å². The van der Waals surface area contributed by atoms with Gasteiger partial charge in [-0.25, -0.2) is 0 Å². The summed E-state index contributed by atoms with van der Waals surface area (Å²) >= 11 is 0. The van der Waals surface area contributed by atoms with Gasteiger partial charge < -0.3 is 14.2 Å². The van der Waals surface area contributed by atoms with E-state index in [1.54, 1.807) is 0 Å². The summed E-state index contributed by atoms with van der Waals surface area (Å²) in [6.07, 6.45) is 95.6. The number of hydrogen-bond acceptors (Lipinski definition) is 6. The highest BCUT2D eigenvalue weighted by molar-refractivity contribution is 5.71. The number of carbonyl (C=O) groups excluding carboxylic acids is 3. The molecule has 0 fully saturated rings. The molecule has 0 aromatic rings. The third-order valence-corrected chi connectivity index (χ3v) is 15.5. The van der Waals surface area contributed by atoms with E-state index in [0.29, 0.717) is 19.3 Å². The van der Waals surface area contributed by atoms with Crippen LogP contribution < -0.4 is 0 Å². The maximum absolute atomic E-state index is 13.0. The molecule has 0 aliphatic rings. The molecule has 0 bridgehead atoms. The van der Waals surface area contributed by atoms with Crippen LogP contribution in [0.5, 0.6) is 0 Å². The molecule has 0 aliphatic carbocycles. The Kier molecular flexibility index (Phi) is 67.7. The first-order valence-corrected chi connectivity index (χ1v) is 35.7. The van der Waals surface area contributed by atoms with Crippen LogP contribution in [0.15, 0.2) is 97.2 Å². The minimum Gasteiger partial charge on any atom is -0.462 e. The monoisotopic (exact) mass is 1160 g/mol. The minimum atomic E-state index is -0.795. The number of unbranched alkanes of at least 4 members (excludes halogenated alkanes) is 38. The largest absolute Gasteiger partial charge is 0.462 e. The van der Waals surface area contributed by atoms with Crippen molar-refractivity contribution in [2.45, 2.75) is 361 Å². The lowest BCUT2D eigenvalue weighted by Crippen LogP contribution is -2.30. The highest BCUT2D eigenvalue weighted by atomic mass is 16.6. The van der Waals surface area contributed by atoms with E-state index in [9.17, 15) is 14.4 Å². The first-order chi connectivity index (χ1) is 41.0. The van der Waals surface area contributed by atoms with Crippen molar-refractivity contribution < 1.29 is 28.6 Å². The van der Waals surface area contributed by atoms with Gasteiger partial charge in [-0.15, -0.1) is 0 Å². The van der Waals surface area contributed by atoms with Gasteiger partial charge in [0.25, 0.3) is 0 Å². The van der Waals surface area contributed by atoms with Gasteiger partial charge >= 0.3 is 17.9 Å². The standard InChI is InChI=1S/C77H134O6/c1-4-7-10-13-16-19-22-25-28-31-34-37-38-41-43-46-49-52-55-58-61-64-67-70-76(79)82-73-74(83-77(80)71-68-65-62-59-56-53-50-47-44-40-36-33-30-27-24-21-18-15-12-9-6-3)72-81-75(78)69-66-63-60-57-54-51-48-45-42-39-35-32-29-26-23-20-17-14-11-8-5-2/h22-27,31-36,42,44-45,47,74H,4-21,28-30,37-41,43,46,48-73H2,1-3H3/b25-22-,26-23-,27-24-,34-31-,35-32-,36-33-,45-42-,47-44-. The number of rotatable bonds is 65. The van der Waals surface area contributed by atoms with Gasteiger partial charge in [0.15, 0.2) is 6.10 Å². The van der Waals surface area contributed by atoms with E-state index < -0.39 is 6.10 Å². The molecule has 0 saturated heterocycles. The van der Waals surface area contributed by atoms with Crippen LogP contribution in [0.3, 0.4) is 0 Å². The molecule has 0 heterocycles. The van der Waals surface area contributed by atoms with E-state index in [1.165, 1.54) is 205 Å². The van der Waals surface area contributed by atoms with E-state index in [4.69, 9.17) is 14.2 Å². The van der Waals surface area contributed by atoms with Crippen molar-refractivity contribution in [1.29, 1.82) is 0 Å². The molecule has 1 atom stereocenters. The Morgan fingerprint density at radius 1 is 0.241 bits per heavy atom. The summed E-state index contributed by atoms with van der Waals surface area (Å²) in [7, 11) is 0. The van der Waals surface area contributed by atoms with E-state index >= 15 is 0 Å². The molecule has 0 saturated carbocycles. The highest BCUT2D eigenvalue weighted by Crippen LogP contribution is 2.16. The topological polar surface area (TPSA) is 78.9 Å². The molecule has 0 aromatic carbocycles. The number of allylic oxidation sites excluding steroid dienone is 16. The van der Waals surface area contributed by atoms with Crippen molar-refractivity contribution >= 4 is 17.9 Å². The summed E-state index contributed by atoms with van der Waals surface area (Å²) in [5.41, 5.74) is 0. The molecule has 0 radical (unpaired) electrons. The summed E-state index contributed by atoms with van der Waals surface area (Å²) in [5.74, 6) is -0.900. The predicted octanol–water partition coefficient (Wildman–Crippen LogP) is 24.8. The fourth-order valence-corrected chi connectivity index (χ4v) is 10.1. The van der Waals surface area contributed by atoms with Crippen molar-refractivity contribution in [3.05, 3.63) is 97.2 Å². The molecule has 6 heteroatoms. The quantitative estimate of drug-likeness (QED) is 0.0261. The lowest BCUT2D eigenvalue weighted by Gasteiger charge is -2.18. The zero-order valence-corrected chi connectivity index (χ0v) is 54.9. The second-order valence-corrected chi connectivity index (χ2v) is 23.8. The van der Waals surface area contributed by atoms with Gasteiger partial charge in [0, 0.05) is 19.3 Å². The van der Waals surface area contributed by atoms with Crippen LogP contribution in [0.4, 0.5) is 0 Å². The maximum atomic E-state index is 13.0. The molecule has 478 valence electrons. The molecule has 1 unspecified atom stereocenters. The van der Waals surface area contributed by atoms with Crippen molar-refractivity contribution in [3.8, 4) is 0 Å². The van der Waals surface area contributed by atoms with Gasteiger partial charge in [-0.1, -0.05) is 304 Å². The summed E-state index contributed by atoms with van der Waals surface area (Å²) in [5, 5.41) is 0. The molecule has 6 nitrogen and oxygen atoms in total. The molecule has 0 spiro atoms. The first kappa shape index (κ1) is 79.3. The first-order valence-electron chi connectivity index (χ1n) is 35.7. The second-order valence-electron chi connectivity index (χ2n) is 23.8. The molecule has 0 amide bonds. The fraction of sp³-hybridized carbons (Fsp3) is 0.753. The summed E-state index contributed by atoms with van der Waals surface area (Å²) in [6.45, 7) is 6.63. The van der Waals surface area contributed by atoms with Gasteiger partial charge in [-0.2, -0.15) is 0 Å². The van der Waals surface area contributed by atoms with Crippen LogP contribution in [0.2, 0.25) is 0 Å². The van der Waals surface area contributed by atoms with Gasteiger partial charge in [-0.3, -0.25) is 14.4 Å². The summed E-state index contributed by atoms with van der Waals surface area (Å²) in [4.78, 5) is 38.5. The fourth-order valence-electron chi connectivity index (χ4n) is 10.1. The van der Waals surface area contributed by atoms with Crippen molar-refractivity contribution in [2.24, 2.45) is 0 Å². The van der Waals surface area contributed by atoms with E-state index in [1.807, 2.05) is 0 Å². The van der Waals surface area contributed by atoms with E-state index in [-0.39, 0.29) is 31.1 Å². The molecule has 0 aromatic heterocycles. The zero-order chi connectivity index (χ0) is 59.9. The lowest BCUT2D eigenvalue weighted by molar-refractivity contribution is -0.167. The van der Waals surface area contributed by atoms with Gasteiger partial charge in [0.1, 0.15) is 13.2 Å². The van der Waals surface area contributed by atoms with Crippen LogP contribution in [-0.2, 0) is 28.6 Å². The molecular weight excluding hydrogens is 1020 g/mol. The Labute approximate surface area is 515 Å². The molecule has 0 rings (SSSR count). The minimum absolute atomic E-state index is 0.0876. The molecule has 0 N–H and O–H groups in total. The average Bonchev–Trinajstić information content (AvgIpc) is 3.49. The second kappa shape index (κ2) is 70.8. The van der Waals surface area contributed by atoms with Gasteiger partial charge in [-0.05, 0) is 128 Å². The van der Waals surface area contributed by atoms with Crippen LogP contribution >= 0.6 is 0 Å². The number of ether oxygens (including phenoxy) is 3. The Morgan fingerprint density at radius 3 is 0.675 bits per heavy atom.